The monoisotopic (exact) mass is 416 g/mol. The van der Waals surface area contributed by atoms with Crippen LogP contribution in [0.3, 0.4) is 0 Å². The molecule has 6 heteroatoms. The quantitative estimate of drug-likeness (QED) is 0.769. The topological polar surface area (TPSA) is 73.2 Å². The summed E-state index contributed by atoms with van der Waals surface area (Å²) in [6, 6.07) is 5.47. The van der Waals surface area contributed by atoms with Crippen molar-refractivity contribution in [3.05, 3.63) is 23.8 Å². The molecule has 1 aromatic carbocycles. The maximum Gasteiger partial charge on any atom is 0.236 e. The minimum atomic E-state index is -0.669. The smallest absolute Gasteiger partial charge is 0.236 e. The number of ether oxygens (including phenoxy) is 1. The first-order valence-electron chi connectivity index (χ1n) is 11.7. The second-order valence-electron chi connectivity index (χ2n) is 9.22. The summed E-state index contributed by atoms with van der Waals surface area (Å²) in [5.74, 6) is 0.895. The van der Waals surface area contributed by atoms with Crippen LogP contribution in [-0.4, -0.2) is 64.3 Å². The van der Waals surface area contributed by atoms with Gasteiger partial charge in [-0.15, -0.1) is 0 Å². The maximum absolute atomic E-state index is 13.1. The summed E-state index contributed by atoms with van der Waals surface area (Å²) in [7, 11) is 0. The normalized spacial score (nSPS) is 30.0. The van der Waals surface area contributed by atoms with E-state index in [-0.39, 0.29) is 23.6 Å². The van der Waals surface area contributed by atoms with Gasteiger partial charge in [0.15, 0.2) is 11.5 Å². The molecule has 1 aromatic rings. The number of carbonyl (C=O) groups is 1. The molecule has 4 rings (SSSR count). The molecule has 0 spiro atoms. The van der Waals surface area contributed by atoms with Crippen LogP contribution in [0, 0.1) is 5.92 Å². The van der Waals surface area contributed by atoms with E-state index in [9.17, 15) is 15.0 Å². The lowest BCUT2D eigenvalue weighted by Gasteiger charge is -2.52. The summed E-state index contributed by atoms with van der Waals surface area (Å²) in [6.45, 7) is 5.20. The van der Waals surface area contributed by atoms with Gasteiger partial charge in [-0.1, -0.05) is 18.9 Å². The maximum atomic E-state index is 13.1. The van der Waals surface area contributed by atoms with Crippen molar-refractivity contribution in [3.8, 4) is 11.5 Å². The highest BCUT2D eigenvalue weighted by atomic mass is 16.5. The average molecular weight is 417 g/mol. The average Bonchev–Trinajstić information content (AvgIpc) is 2.76. The predicted molar refractivity (Wildman–Crippen MR) is 116 cm³/mol. The summed E-state index contributed by atoms with van der Waals surface area (Å²) in [6.07, 6.45) is 8.07. The van der Waals surface area contributed by atoms with Crippen LogP contribution >= 0.6 is 0 Å². The van der Waals surface area contributed by atoms with Crippen molar-refractivity contribution in [1.82, 2.24) is 9.80 Å². The molecule has 2 heterocycles. The molecule has 166 valence electrons. The molecule has 3 aliphatic rings. The molecule has 0 aromatic heterocycles. The first kappa shape index (κ1) is 21.4. The highest BCUT2D eigenvalue weighted by Crippen LogP contribution is 2.50. The van der Waals surface area contributed by atoms with E-state index in [2.05, 4.69) is 4.90 Å². The van der Waals surface area contributed by atoms with E-state index in [1.54, 1.807) is 6.07 Å². The fraction of sp³-hybridized carbons (Fsp3) is 0.708. The minimum absolute atomic E-state index is 0.0439. The third-order valence-corrected chi connectivity index (χ3v) is 7.34. The lowest BCUT2D eigenvalue weighted by atomic mass is 9.66. The third kappa shape index (κ3) is 4.30. The lowest BCUT2D eigenvalue weighted by molar-refractivity contribution is -0.145. The van der Waals surface area contributed by atoms with Crippen molar-refractivity contribution in [2.75, 3.05) is 32.8 Å². The molecule has 1 saturated carbocycles. The Labute approximate surface area is 179 Å². The molecule has 0 bridgehead atoms. The van der Waals surface area contributed by atoms with Crippen LogP contribution in [0.2, 0.25) is 0 Å². The number of benzene rings is 1. The van der Waals surface area contributed by atoms with Crippen molar-refractivity contribution in [2.45, 2.75) is 69.9 Å². The highest BCUT2D eigenvalue weighted by Gasteiger charge is 2.49. The largest absolute Gasteiger partial charge is 0.504 e. The molecular weight excluding hydrogens is 380 g/mol. The number of carbonyl (C=O) groups excluding carboxylic acids is 1. The van der Waals surface area contributed by atoms with Crippen molar-refractivity contribution < 1.29 is 19.7 Å². The molecule has 2 aliphatic heterocycles. The zero-order valence-corrected chi connectivity index (χ0v) is 18.2. The molecule has 1 amide bonds. The van der Waals surface area contributed by atoms with Crippen molar-refractivity contribution in [1.29, 1.82) is 0 Å². The van der Waals surface area contributed by atoms with E-state index in [1.165, 1.54) is 6.42 Å². The highest BCUT2D eigenvalue weighted by molar-refractivity contribution is 5.78. The summed E-state index contributed by atoms with van der Waals surface area (Å²) in [5.41, 5.74) is 0.352. The Kier molecular flexibility index (Phi) is 6.54. The van der Waals surface area contributed by atoms with Crippen molar-refractivity contribution in [2.24, 2.45) is 5.92 Å². The van der Waals surface area contributed by atoms with E-state index in [4.69, 9.17) is 4.74 Å². The predicted octanol–water partition coefficient (Wildman–Crippen LogP) is 3.47. The Bertz CT molecular complexity index is 749. The van der Waals surface area contributed by atoms with Gasteiger partial charge >= 0.3 is 0 Å². The number of aromatic hydroxyl groups is 1. The van der Waals surface area contributed by atoms with E-state index in [1.807, 2.05) is 24.0 Å². The van der Waals surface area contributed by atoms with Gasteiger partial charge < -0.3 is 19.8 Å². The van der Waals surface area contributed by atoms with Crippen LogP contribution in [-0.2, 0) is 4.79 Å². The fourth-order valence-corrected chi connectivity index (χ4v) is 5.77. The molecule has 6 nitrogen and oxygen atoms in total. The minimum Gasteiger partial charge on any atom is -0.504 e. The van der Waals surface area contributed by atoms with Crippen LogP contribution in [0.15, 0.2) is 18.2 Å². The second-order valence-corrected chi connectivity index (χ2v) is 9.22. The number of likely N-dealkylation sites (tertiary alicyclic amines) is 2. The summed E-state index contributed by atoms with van der Waals surface area (Å²) < 4.78 is 5.63. The Morgan fingerprint density at radius 1 is 1.13 bits per heavy atom. The number of phenolic OH excluding ortho intramolecular Hbond substituents is 1. The van der Waals surface area contributed by atoms with Crippen LogP contribution in [0.1, 0.15) is 69.9 Å². The van der Waals surface area contributed by atoms with Crippen LogP contribution in [0.25, 0.3) is 0 Å². The van der Waals surface area contributed by atoms with E-state index in [0.29, 0.717) is 25.4 Å². The van der Waals surface area contributed by atoms with E-state index >= 15 is 0 Å². The van der Waals surface area contributed by atoms with Crippen molar-refractivity contribution >= 4 is 5.91 Å². The third-order valence-electron chi connectivity index (χ3n) is 7.34. The van der Waals surface area contributed by atoms with Gasteiger partial charge in [0.25, 0.3) is 0 Å². The zero-order valence-electron chi connectivity index (χ0n) is 18.2. The van der Waals surface area contributed by atoms with Gasteiger partial charge in [0.2, 0.25) is 5.91 Å². The first-order valence-corrected chi connectivity index (χ1v) is 11.7. The van der Waals surface area contributed by atoms with Crippen LogP contribution in [0.5, 0.6) is 11.5 Å². The van der Waals surface area contributed by atoms with Gasteiger partial charge in [-0.05, 0) is 63.1 Å². The van der Waals surface area contributed by atoms with E-state index < -0.39 is 5.60 Å². The number of phenols is 1. The van der Waals surface area contributed by atoms with Gasteiger partial charge in [-0.2, -0.15) is 0 Å². The Morgan fingerprint density at radius 3 is 2.70 bits per heavy atom. The number of rotatable bonds is 5. The summed E-state index contributed by atoms with van der Waals surface area (Å²) >= 11 is 0. The standard InChI is InChI=1S/C24H36N2O4/c1-2-30-21-16-18(9-10-20(21)27)23-19-8-4-5-11-24(19,29)12-15-26(23)17-22(28)25-13-6-3-7-14-25/h9-10,16,19,23,27,29H,2-8,11-15,17H2,1H3/t19-,23-,24-/m1/s1. The van der Waals surface area contributed by atoms with Gasteiger partial charge in [0.1, 0.15) is 0 Å². The molecule has 0 unspecified atom stereocenters. The Hall–Kier alpha value is -1.79. The number of piperidine rings is 2. The van der Waals surface area contributed by atoms with Crippen LogP contribution in [0.4, 0.5) is 0 Å². The molecule has 3 fully saturated rings. The number of fused-ring (bicyclic) bond motifs is 1. The van der Waals surface area contributed by atoms with E-state index in [0.717, 1.165) is 63.6 Å². The molecule has 3 atom stereocenters. The van der Waals surface area contributed by atoms with Crippen LogP contribution < -0.4 is 4.74 Å². The first-order chi connectivity index (χ1) is 14.5. The van der Waals surface area contributed by atoms with Gasteiger partial charge in [-0.3, -0.25) is 9.69 Å². The lowest BCUT2D eigenvalue weighted by Crippen LogP contribution is -2.56. The number of aliphatic hydroxyl groups is 1. The molecule has 2 N–H and O–H groups in total. The number of hydrogen-bond donors (Lipinski definition) is 2. The second kappa shape index (κ2) is 9.15. The van der Waals surface area contributed by atoms with Crippen molar-refractivity contribution in [3.63, 3.8) is 0 Å². The summed E-state index contributed by atoms with van der Waals surface area (Å²) in [4.78, 5) is 17.3. The SMILES string of the molecule is CCOc1cc([C@@H]2[C@H]3CCCC[C@@]3(O)CCN2CC(=O)N2CCCCC2)ccc1O. The zero-order chi connectivity index (χ0) is 21.1. The fourth-order valence-electron chi connectivity index (χ4n) is 5.77. The number of amides is 1. The Balaban J connectivity index is 1.63. The number of hydrogen-bond acceptors (Lipinski definition) is 5. The molecule has 30 heavy (non-hydrogen) atoms. The summed E-state index contributed by atoms with van der Waals surface area (Å²) in [5, 5.41) is 21.6. The van der Waals surface area contributed by atoms with Gasteiger partial charge in [-0.25, -0.2) is 0 Å². The number of nitrogens with zero attached hydrogens (tertiary/aromatic N) is 2. The molecular formula is C24H36N2O4. The molecule has 2 saturated heterocycles. The Morgan fingerprint density at radius 2 is 1.93 bits per heavy atom. The molecule has 1 aliphatic carbocycles. The van der Waals surface area contributed by atoms with Gasteiger partial charge in [0.05, 0.1) is 18.8 Å². The molecule has 0 radical (unpaired) electrons. The van der Waals surface area contributed by atoms with Gasteiger partial charge in [0, 0.05) is 31.6 Å².